The fourth-order valence-electron chi connectivity index (χ4n) is 2.78. The average molecular weight is 267 g/mol. The summed E-state index contributed by atoms with van der Waals surface area (Å²) >= 11 is 0. The van der Waals surface area contributed by atoms with Crippen molar-refractivity contribution < 1.29 is 0 Å². The molecule has 1 heteroatoms. The molecule has 0 aliphatic heterocycles. The Bertz CT molecular complexity index is 545. The first-order valence-electron chi connectivity index (χ1n) is 7.59. The van der Waals surface area contributed by atoms with Crippen molar-refractivity contribution in [3.63, 3.8) is 0 Å². The van der Waals surface area contributed by atoms with Gasteiger partial charge in [0.15, 0.2) is 0 Å². The lowest BCUT2D eigenvalue weighted by Crippen LogP contribution is -2.18. The van der Waals surface area contributed by atoms with Crippen LogP contribution in [0.3, 0.4) is 0 Å². The van der Waals surface area contributed by atoms with E-state index in [0.717, 1.165) is 12.8 Å². The van der Waals surface area contributed by atoms with E-state index in [0.29, 0.717) is 5.92 Å². The Morgan fingerprint density at radius 2 is 1.50 bits per heavy atom. The van der Waals surface area contributed by atoms with Gasteiger partial charge in [-0.05, 0) is 35.1 Å². The standard InChI is InChI=1S/C19H25N/c1-4-15-11-12-18(13-16(15)5-2)19(20)14(3)17-9-7-6-8-10-17/h6-14,19H,4-5,20H2,1-3H3. The zero-order chi connectivity index (χ0) is 14.5. The molecule has 0 amide bonds. The maximum Gasteiger partial charge on any atom is 0.0361 e. The summed E-state index contributed by atoms with van der Waals surface area (Å²) in [6.07, 6.45) is 2.16. The van der Waals surface area contributed by atoms with Gasteiger partial charge in [0.25, 0.3) is 0 Å². The fraction of sp³-hybridized carbons (Fsp3) is 0.368. The third kappa shape index (κ3) is 3.10. The van der Waals surface area contributed by atoms with Gasteiger partial charge in [0, 0.05) is 12.0 Å². The molecule has 2 aromatic rings. The van der Waals surface area contributed by atoms with Gasteiger partial charge in [0.05, 0.1) is 0 Å². The molecule has 0 spiro atoms. The Labute approximate surface area is 122 Å². The van der Waals surface area contributed by atoms with Gasteiger partial charge in [0.1, 0.15) is 0 Å². The highest BCUT2D eigenvalue weighted by atomic mass is 14.6. The minimum atomic E-state index is 0.0496. The number of aryl methyl sites for hydroxylation is 2. The number of rotatable bonds is 5. The monoisotopic (exact) mass is 267 g/mol. The molecule has 20 heavy (non-hydrogen) atoms. The number of hydrogen-bond donors (Lipinski definition) is 1. The van der Waals surface area contributed by atoms with Crippen LogP contribution in [0.4, 0.5) is 0 Å². The van der Waals surface area contributed by atoms with Gasteiger partial charge in [-0.2, -0.15) is 0 Å². The van der Waals surface area contributed by atoms with Crippen LogP contribution in [-0.4, -0.2) is 0 Å². The van der Waals surface area contributed by atoms with E-state index in [1.165, 1.54) is 22.3 Å². The summed E-state index contributed by atoms with van der Waals surface area (Å²) in [7, 11) is 0. The number of benzene rings is 2. The van der Waals surface area contributed by atoms with E-state index in [9.17, 15) is 0 Å². The molecule has 0 aliphatic rings. The number of hydrogen-bond acceptors (Lipinski definition) is 1. The lowest BCUT2D eigenvalue weighted by atomic mass is 9.87. The lowest BCUT2D eigenvalue weighted by Gasteiger charge is -2.22. The topological polar surface area (TPSA) is 26.0 Å². The second kappa shape index (κ2) is 6.71. The van der Waals surface area contributed by atoms with Gasteiger partial charge < -0.3 is 5.73 Å². The molecular formula is C19H25N. The van der Waals surface area contributed by atoms with Crippen LogP contribution in [0.5, 0.6) is 0 Å². The molecule has 1 nitrogen and oxygen atoms in total. The normalized spacial score (nSPS) is 14.0. The van der Waals surface area contributed by atoms with Gasteiger partial charge in [-0.1, -0.05) is 69.3 Å². The van der Waals surface area contributed by atoms with Crippen LogP contribution in [0.25, 0.3) is 0 Å². The van der Waals surface area contributed by atoms with Gasteiger partial charge in [-0.25, -0.2) is 0 Å². The van der Waals surface area contributed by atoms with Gasteiger partial charge >= 0.3 is 0 Å². The lowest BCUT2D eigenvalue weighted by molar-refractivity contribution is 0.597. The summed E-state index contributed by atoms with van der Waals surface area (Å²) in [6, 6.07) is 17.3. The largest absolute Gasteiger partial charge is 0.323 e. The van der Waals surface area contributed by atoms with E-state index in [-0.39, 0.29) is 6.04 Å². The summed E-state index contributed by atoms with van der Waals surface area (Å²) in [4.78, 5) is 0. The second-order valence-corrected chi connectivity index (χ2v) is 5.46. The van der Waals surface area contributed by atoms with Crippen LogP contribution in [0.2, 0.25) is 0 Å². The van der Waals surface area contributed by atoms with Crippen molar-refractivity contribution in [2.75, 3.05) is 0 Å². The van der Waals surface area contributed by atoms with Crippen molar-refractivity contribution in [3.05, 3.63) is 70.8 Å². The third-order valence-corrected chi connectivity index (χ3v) is 4.24. The highest BCUT2D eigenvalue weighted by molar-refractivity contribution is 5.35. The van der Waals surface area contributed by atoms with E-state index in [2.05, 4.69) is 63.2 Å². The van der Waals surface area contributed by atoms with Crippen LogP contribution >= 0.6 is 0 Å². The second-order valence-electron chi connectivity index (χ2n) is 5.46. The molecule has 0 saturated heterocycles. The molecule has 0 heterocycles. The molecule has 0 saturated carbocycles. The molecule has 2 rings (SSSR count). The molecule has 2 aromatic carbocycles. The van der Waals surface area contributed by atoms with Crippen molar-refractivity contribution in [1.29, 1.82) is 0 Å². The van der Waals surface area contributed by atoms with Crippen LogP contribution in [0.1, 0.15) is 55.0 Å². The summed E-state index contributed by atoms with van der Waals surface area (Å²) in [5, 5.41) is 0. The first-order chi connectivity index (χ1) is 9.67. The molecule has 0 radical (unpaired) electrons. The van der Waals surface area contributed by atoms with Crippen molar-refractivity contribution in [1.82, 2.24) is 0 Å². The average Bonchev–Trinajstić information content (AvgIpc) is 2.53. The molecule has 2 N–H and O–H groups in total. The summed E-state index contributed by atoms with van der Waals surface area (Å²) < 4.78 is 0. The Balaban J connectivity index is 2.27. The molecule has 0 aliphatic carbocycles. The first kappa shape index (κ1) is 14.8. The highest BCUT2D eigenvalue weighted by Gasteiger charge is 2.17. The van der Waals surface area contributed by atoms with E-state index in [4.69, 9.17) is 5.73 Å². The summed E-state index contributed by atoms with van der Waals surface area (Å²) in [5.74, 6) is 0.327. The maximum atomic E-state index is 6.49. The highest BCUT2D eigenvalue weighted by Crippen LogP contribution is 2.29. The number of nitrogens with two attached hydrogens (primary N) is 1. The minimum Gasteiger partial charge on any atom is -0.323 e. The molecule has 0 aromatic heterocycles. The van der Waals surface area contributed by atoms with E-state index < -0.39 is 0 Å². The molecule has 2 atom stereocenters. The quantitative estimate of drug-likeness (QED) is 0.840. The molecule has 106 valence electrons. The van der Waals surface area contributed by atoms with Gasteiger partial charge in [-0.3, -0.25) is 0 Å². The first-order valence-corrected chi connectivity index (χ1v) is 7.59. The zero-order valence-corrected chi connectivity index (χ0v) is 12.8. The predicted molar refractivity (Wildman–Crippen MR) is 87.0 cm³/mol. The molecule has 0 fully saturated rings. The minimum absolute atomic E-state index is 0.0496. The van der Waals surface area contributed by atoms with Crippen LogP contribution in [0, 0.1) is 0 Å². The van der Waals surface area contributed by atoms with Crippen molar-refractivity contribution in [2.45, 2.75) is 45.6 Å². The third-order valence-electron chi connectivity index (χ3n) is 4.24. The Morgan fingerprint density at radius 1 is 0.850 bits per heavy atom. The predicted octanol–water partition coefficient (Wildman–Crippen LogP) is 4.61. The molecule has 2 unspecified atom stereocenters. The van der Waals surface area contributed by atoms with E-state index in [1.54, 1.807) is 0 Å². The molecule has 0 bridgehead atoms. The SMILES string of the molecule is CCc1ccc(C(N)C(C)c2ccccc2)cc1CC. The smallest absolute Gasteiger partial charge is 0.0361 e. The van der Waals surface area contributed by atoms with Crippen LogP contribution in [0.15, 0.2) is 48.5 Å². The Hall–Kier alpha value is -1.60. The van der Waals surface area contributed by atoms with E-state index in [1.807, 2.05) is 6.07 Å². The maximum absolute atomic E-state index is 6.49. The molecular weight excluding hydrogens is 242 g/mol. The van der Waals surface area contributed by atoms with Crippen molar-refractivity contribution in [3.8, 4) is 0 Å². The Kier molecular flexibility index (Phi) is 4.97. The van der Waals surface area contributed by atoms with Gasteiger partial charge in [0.2, 0.25) is 0 Å². The Morgan fingerprint density at radius 3 is 2.10 bits per heavy atom. The van der Waals surface area contributed by atoms with Crippen molar-refractivity contribution in [2.24, 2.45) is 5.73 Å². The van der Waals surface area contributed by atoms with Gasteiger partial charge in [-0.15, -0.1) is 0 Å². The van der Waals surface area contributed by atoms with Crippen LogP contribution in [-0.2, 0) is 12.8 Å². The zero-order valence-electron chi connectivity index (χ0n) is 12.8. The van der Waals surface area contributed by atoms with Crippen LogP contribution < -0.4 is 5.73 Å². The van der Waals surface area contributed by atoms with E-state index >= 15 is 0 Å². The summed E-state index contributed by atoms with van der Waals surface area (Å²) in [6.45, 7) is 6.63. The fourth-order valence-corrected chi connectivity index (χ4v) is 2.78. The van der Waals surface area contributed by atoms with Crippen molar-refractivity contribution >= 4 is 0 Å². The summed E-state index contributed by atoms with van der Waals surface area (Å²) in [5.41, 5.74) is 11.9.